The van der Waals surface area contributed by atoms with E-state index < -0.39 is 0 Å². The molecule has 0 unspecified atom stereocenters. The Hall–Kier alpha value is -0.600. The second-order valence-corrected chi connectivity index (χ2v) is 7.36. The summed E-state index contributed by atoms with van der Waals surface area (Å²) in [6.45, 7) is 1.02. The summed E-state index contributed by atoms with van der Waals surface area (Å²) >= 11 is 9.01. The van der Waals surface area contributed by atoms with E-state index in [1.54, 1.807) is 12.1 Å². The summed E-state index contributed by atoms with van der Waals surface area (Å²) in [5, 5.41) is 0. The van der Waals surface area contributed by atoms with Crippen LogP contribution in [0.1, 0.15) is 15.9 Å². The number of carbonyl (C=O) groups excluding carboxylic acids is 1. The van der Waals surface area contributed by atoms with E-state index in [0.717, 1.165) is 8.04 Å². The summed E-state index contributed by atoms with van der Waals surface area (Å²) in [6.07, 6.45) is 0. The van der Waals surface area contributed by atoms with Gasteiger partial charge in [-0.1, -0.05) is 15.9 Å². The van der Waals surface area contributed by atoms with Crippen LogP contribution in [0.2, 0.25) is 0 Å². The number of benzene rings is 2. The van der Waals surface area contributed by atoms with Gasteiger partial charge >= 0.3 is 0 Å². The summed E-state index contributed by atoms with van der Waals surface area (Å²) in [4.78, 5) is 12.8. The van der Waals surface area contributed by atoms with Gasteiger partial charge in [0.2, 0.25) is 0 Å². The highest BCUT2D eigenvalue weighted by atomic mass is 127. The smallest absolute Gasteiger partial charge is 0.195 e. The Morgan fingerprint density at radius 2 is 1.67 bits per heavy atom. The van der Waals surface area contributed by atoms with Crippen molar-refractivity contribution < 1.29 is 14.3 Å². The zero-order valence-electron chi connectivity index (χ0n) is 10.7. The Balaban J connectivity index is 2.07. The molecule has 21 heavy (non-hydrogen) atoms. The molecule has 0 aliphatic carbocycles. The van der Waals surface area contributed by atoms with E-state index in [9.17, 15) is 4.79 Å². The molecule has 6 heteroatoms. The van der Waals surface area contributed by atoms with Gasteiger partial charge in [0, 0.05) is 23.6 Å². The molecule has 1 heterocycles. The highest BCUT2D eigenvalue weighted by Gasteiger charge is 2.21. The summed E-state index contributed by atoms with van der Waals surface area (Å²) in [5.41, 5.74) is 1.22. The molecule has 0 saturated heterocycles. The van der Waals surface area contributed by atoms with Gasteiger partial charge in [-0.05, 0) is 68.9 Å². The molecule has 1 aliphatic heterocycles. The van der Waals surface area contributed by atoms with E-state index in [-0.39, 0.29) is 5.78 Å². The fourth-order valence-electron chi connectivity index (χ4n) is 2.05. The molecular formula is C15H9Br2IO3. The molecule has 0 radical (unpaired) electrons. The van der Waals surface area contributed by atoms with Crippen molar-refractivity contribution in [2.45, 2.75) is 0 Å². The van der Waals surface area contributed by atoms with Gasteiger partial charge in [0.15, 0.2) is 17.3 Å². The van der Waals surface area contributed by atoms with Crippen LogP contribution in [0.4, 0.5) is 0 Å². The molecule has 0 atom stereocenters. The lowest BCUT2D eigenvalue weighted by atomic mass is 10.0. The van der Waals surface area contributed by atoms with Gasteiger partial charge in [-0.15, -0.1) is 0 Å². The third-order valence-corrected chi connectivity index (χ3v) is 5.14. The fourth-order valence-corrected chi connectivity index (χ4v) is 3.50. The molecule has 3 rings (SSSR count). The van der Waals surface area contributed by atoms with Gasteiger partial charge < -0.3 is 9.47 Å². The fraction of sp³-hybridized carbons (Fsp3) is 0.133. The van der Waals surface area contributed by atoms with Crippen LogP contribution in [0.25, 0.3) is 0 Å². The number of rotatable bonds is 2. The molecular weight excluding hydrogens is 515 g/mol. The number of hydrogen-bond acceptors (Lipinski definition) is 3. The van der Waals surface area contributed by atoms with Crippen LogP contribution in [0.5, 0.6) is 11.5 Å². The number of fused-ring (bicyclic) bond motifs is 1. The quantitative estimate of drug-likeness (QED) is 0.418. The number of ketones is 1. The zero-order chi connectivity index (χ0) is 15.0. The summed E-state index contributed by atoms with van der Waals surface area (Å²) in [6, 6.07) is 9.17. The maximum Gasteiger partial charge on any atom is 0.195 e. The minimum atomic E-state index is -0.0513. The molecule has 0 saturated carbocycles. The van der Waals surface area contributed by atoms with Crippen molar-refractivity contribution in [3.8, 4) is 11.5 Å². The monoisotopic (exact) mass is 522 g/mol. The Morgan fingerprint density at radius 1 is 1.00 bits per heavy atom. The topological polar surface area (TPSA) is 35.5 Å². The van der Waals surface area contributed by atoms with Crippen LogP contribution in [-0.4, -0.2) is 19.0 Å². The van der Waals surface area contributed by atoms with Crippen molar-refractivity contribution in [3.63, 3.8) is 0 Å². The molecule has 1 aliphatic rings. The first kappa shape index (κ1) is 15.3. The van der Waals surface area contributed by atoms with Crippen molar-refractivity contribution in [1.29, 1.82) is 0 Å². The van der Waals surface area contributed by atoms with Crippen molar-refractivity contribution >= 4 is 60.2 Å². The van der Waals surface area contributed by atoms with Crippen LogP contribution in [0.15, 0.2) is 39.3 Å². The van der Waals surface area contributed by atoms with Gasteiger partial charge in [-0.25, -0.2) is 0 Å². The lowest BCUT2D eigenvalue weighted by Gasteiger charge is -2.19. The molecule has 0 N–H and O–H groups in total. The molecule has 0 aromatic heterocycles. The van der Waals surface area contributed by atoms with E-state index in [1.165, 1.54) is 0 Å². The molecule has 0 spiro atoms. The van der Waals surface area contributed by atoms with E-state index in [4.69, 9.17) is 9.47 Å². The largest absolute Gasteiger partial charge is 0.486 e. The van der Waals surface area contributed by atoms with Gasteiger partial charge in [-0.3, -0.25) is 4.79 Å². The van der Waals surface area contributed by atoms with Gasteiger partial charge in [0.05, 0.1) is 0 Å². The first-order valence-corrected chi connectivity index (χ1v) is 8.81. The molecule has 0 fully saturated rings. The predicted molar refractivity (Wildman–Crippen MR) is 95.4 cm³/mol. The number of ether oxygens (including phenoxy) is 2. The second kappa shape index (κ2) is 6.26. The lowest BCUT2D eigenvalue weighted by Crippen LogP contribution is -2.16. The van der Waals surface area contributed by atoms with Gasteiger partial charge in [-0.2, -0.15) is 0 Å². The summed E-state index contributed by atoms with van der Waals surface area (Å²) in [7, 11) is 0. The Labute approximate surface area is 152 Å². The molecule has 2 aromatic rings. The third kappa shape index (κ3) is 3.12. The Bertz CT molecular complexity index is 731. The Morgan fingerprint density at radius 3 is 2.38 bits per heavy atom. The second-order valence-electron chi connectivity index (χ2n) is 4.43. The van der Waals surface area contributed by atoms with E-state index in [1.807, 2.05) is 18.2 Å². The number of carbonyl (C=O) groups is 1. The molecule has 0 amide bonds. The average molecular weight is 524 g/mol. The van der Waals surface area contributed by atoms with Crippen LogP contribution in [-0.2, 0) is 0 Å². The SMILES string of the molecule is O=C(c1cc2c(cc1Br)OCCO2)c1cc(Br)ccc1I. The normalized spacial score (nSPS) is 13.1. The summed E-state index contributed by atoms with van der Waals surface area (Å²) in [5.74, 6) is 1.22. The van der Waals surface area contributed by atoms with E-state index in [0.29, 0.717) is 40.3 Å². The van der Waals surface area contributed by atoms with Gasteiger partial charge in [0.25, 0.3) is 0 Å². The molecule has 0 bridgehead atoms. The zero-order valence-corrected chi connectivity index (χ0v) is 16.0. The van der Waals surface area contributed by atoms with Crippen molar-refractivity contribution in [2.24, 2.45) is 0 Å². The predicted octanol–water partition coefficient (Wildman–Crippen LogP) is 4.82. The number of hydrogen-bond donors (Lipinski definition) is 0. The highest BCUT2D eigenvalue weighted by Crippen LogP contribution is 2.36. The molecule has 2 aromatic carbocycles. The van der Waals surface area contributed by atoms with Gasteiger partial charge in [0.1, 0.15) is 13.2 Å². The van der Waals surface area contributed by atoms with Crippen LogP contribution in [0.3, 0.4) is 0 Å². The maximum absolute atomic E-state index is 12.8. The lowest BCUT2D eigenvalue weighted by molar-refractivity contribution is 0.103. The first-order chi connectivity index (χ1) is 10.1. The van der Waals surface area contributed by atoms with Crippen LogP contribution < -0.4 is 9.47 Å². The van der Waals surface area contributed by atoms with Crippen molar-refractivity contribution in [1.82, 2.24) is 0 Å². The molecule has 108 valence electrons. The van der Waals surface area contributed by atoms with Crippen molar-refractivity contribution in [2.75, 3.05) is 13.2 Å². The standard InChI is InChI=1S/C15H9Br2IO3/c16-8-1-2-12(18)10(5-8)15(19)9-6-13-14(7-11(9)17)21-4-3-20-13/h1-2,5-7H,3-4H2. The Kier molecular flexibility index (Phi) is 4.56. The van der Waals surface area contributed by atoms with E-state index >= 15 is 0 Å². The minimum Gasteiger partial charge on any atom is -0.486 e. The van der Waals surface area contributed by atoms with Crippen molar-refractivity contribution in [3.05, 3.63) is 54.0 Å². The summed E-state index contributed by atoms with van der Waals surface area (Å²) < 4.78 is 13.5. The minimum absolute atomic E-state index is 0.0513. The van der Waals surface area contributed by atoms with Crippen LogP contribution in [0, 0.1) is 3.57 Å². The molecule has 3 nitrogen and oxygen atoms in total. The average Bonchev–Trinajstić information content (AvgIpc) is 2.48. The highest BCUT2D eigenvalue weighted by molar-refractivity contribution is 14.1. The third-order valence-electron chi connectivity index (χ3n) is 3.05. The van der Waals surface area contributed by atoms with E-state index in [2.05, 4.69) is 54.5 Å². The maximum atomic E-state index is 12.8. The van der Waals surface area contributed by atoms with Crippen LogP contribution >= 0.6 is 54.5 Å². The number of halogens is 3. The first-order valence-electron chi connectivity index (χ1n) is 6.15.